The van der Waals surface area contributed by atoms with Crippen molar-refractivity contribution in [2.75, 3.05) is 0 Å². The van der Waals surface area contributed by atoms with Gasteiger partial charge in [0.15, 0.2) is 0 Å². The van der Waals surface area contributed by atoms with Crippen molar-refractivity contribution in [1.82, 2.24) is 4.98 Å². The van der Waals surface area contributed by atoms with Gasteiger partial charge in [-0.1, -0.05) is 51.1 Å². The molecule has 1 saturated heterocycles. The second-order valence-corrected chi connectivity index (χ2v) is 8.89. The summed E-state index contributed by atoms with van der Waals surface area (Å²) in [5.74, 6) is 0. The molecule has 0 radical (unpaired) electrons. The molecule has 25 heavy (non-hydrogen) atoms. The largest absolute Gasteiger partial charge is 0.514 e. The third-order valence-electron chi connectivity index (χ3n) is 5.37. The molecule has 1 aromatic carbocycles. The molecule has 0 atom stereocenters. The second kappa shape index (κ2) is 5.96. The molecule has 0 aliphatic carbocycles. The highest BCUT2D eigenvalue weighted by molar-refractivity contribution is 6.61. The summed E-state index contributed by atoms with van der Waals surface area (Å²) in [6.45, 7) is 14.9. The first-order valence-electron chi connectivity index (χ1n) is 8.92. The monoisotopic (exact) mass is 337 g/mol. The predicted octanol–water partition coefficient (Wildman–Crippen LogP) is 4.35. The summed E-state index contributed by atoms with van der Waals surface area (Å²) in [4.78, 5) is 4.59. The Bertz CT molecular complexity index is 727. The normalized spacial score (nSPS) is 19.2. The van der Waals surface area contributed by atoms with E-state index in [1.165, 1.54) is 11.1 Å². The minimum Gasteiger partial charge on any atom is -0.398 e. The van der Waals surface area contributed by atoms with Crippen molar-refractivity contribution in [3.8, 4) is 11.1 Å². The zero-order chi connectivity index (χ0) is 18.5. The lowest BCUT2D eigenvalue weighted by atomic mass is 9.83. The molecule has 3 rings (SSSR count). The fourth-order valence-electron chi connectivity index (χ4n) is 2.84. The van der Waals surface area contributed by atoms with Crippen LogP contribution in [0, 0.1) is 0 Å². The Balaban J connectivity index is 1.79. The third kappa shape index (κ3) is 3.51. The van der Waals surface area contributed by atoms with E-state index < -0.39 is 7.12 Å². The molecule has 1 fully saturated rings. The van der Waals surface area contributed by atoms with Crippen LogP contribution in [0.1, 0.15) is 54.0 Å². The van der Waals surface area contributed by atoms with Crippen molar-refractivity contribution < 1.29 is 9.31 Å². The maximum absolute atomic E-state index is 6.06. The molecule has 0 saturated carbocycles. The Labute approximate surface area is 151 Å². The maximum Gasteiger partial charge on any atom is 0.514 e. The molecule has 1 aliphatic rings. The zero-order valence-electron chi connectivity index (χ0n) is 16.4. The fraction of sp³-hybridized carbons (Fsp3) is 0.476. The summed E-state index contributed by atoms with van der Waals surface area (Å²) >= 11 is 0. The van der Waals surface area contributed by atoms with Crippen molar-refractivity contribution in [3.05, 3.63) is 48.2 Å². The number of aromatic nitrogens is 1. The van der Waals surface area contributed by atoms with Crippen LogP contribution in [0.5, 0.6) is 0 Å². The smallest absolute Gasteiger partial charge is 0.398 e. The highest BCUT2D eigenvalue weighted by Crippen LogP contribution is 2.36. The van der Waals surface area contributed by atoms with Crippen LogP contribution in [0.15, 0.2) is 42.6 Å². The number of nitrogens with zero attached hydrogens (tertiary/aromatic N) is 1. The molecule has 2 heterocycles. The number of hydrogen-bond donors (Lipinski definition) is 0. The lowest BCUT2D eigenvalue weighted by molar-refractivity contribution is 0.00578. The van der Waals surface area contributed by atoms with Crippen molar-refractivity contribution in [1.29, 1.82) is 0 Å². The van der Waals surface area contributed by atoms with Crippen molar-refractivity contribution in [3.63, 3.8) is 0 Å². The molecule has 0 bridgehead atoms. The summed E-state index contributed by atoms with van der Waals surface area (Å²) < 4.78 is 12.1. The molecule has 3 nitrogen and oxygen atoms in total. The average molecular weight is 337 g/mol. The molecule has 0 N–H and O–H groups in total. The maximum atomic E-state index is 6.06. The van der Waals surface area contributed by atoms with Crippen molar-refractivity contribution in [2.24, 2.45) is 0 Å². The van der Waals surface area contributed by atoms with Gasteiger partial charge in [-0.2, -0.15) is 0 Å². The third-order valence-corrected chi connectivity index (χ3v) is 5.37. The highest BCUT2D eigenvalue weighted by Gasteiger charge is 2.52. The molecular weight excluding hydrogens is 309 g/mol. The molecule has 0 unspecified atom stereocenters. The molecule has 4 heteroatoms. The van der Waals surface area contributed by atoms with Crippen LogP contribution < -0.4 is 5.59 Å². The topological polar surface area (TPSA) is 31.4 Å². The van der Waals surface area contributed by atoms with Crippen LogP contribution in [-0.2, 0) is 14.7 Å². The van der Waals surface area contributed by atoms with Gasteiger partial charge in [0.1, 0.15) is 0 Å². The summed E-state index contributed by atoms with van der Waals surface area (Å²) in [7, 11) is -0.415. The SMILES string of the molecule is CC(C)(C)c1ccc(-c2ccc(B3OC(C)(C)C(C)(C)O3)nc2)cc1. The molecule has 2 aromatic rings. The first kappa shape index (κ1) is 18.2. The second-order valence-electron chi connectivity index (χ2n) is 8.89. The van der Waals surface area contributed by atoms with E-state index in [1.807, 2.05) is 12.3 Å². The van der Waals surface area contributed by atoms with E-state index in [2.05, 4.69) is 83.8 Å². The Morgan fingerprint density at radius 1 is 0.800 bits per heavy atom. The van der Waals surface area contributed by atoms with Gasteiger partial charge in [0, 0.05) is 6.20 Å². The fourth-order valence-corrected chi connectivity index (χ4v) is 2.84. The summed E-state index contributed by atoms with van der Waals surface area (Å²) in [6.07, 6.45) is 1.90. The Morgan fingerprint density at radius 2 is 1.32 bits per heavy atom. The Hall–Kier alpha value is -1.65. The molecule has 0 spiro atoms. The zero-order valence-corrected chi connectivity index (χ0v) is 16.4. The van der Waals surface area contributed by atoms with Crippen LogP contribution in [0.2, 0.25) is 0 Å². The van der Waals surface area contributed by atoms with E-state index in [9.17, 15) is 0 Å². The van der Waals surface area contributed by atoms with Gasteiger partial charge < -0.3 is 9.31 Å². The van der Waals surface area contributed by atoms with Crippen molar-refractivity contribution in [2.45, 2.75) is 65.1 Å². The first-order chi connectivity index (χ1) is 11.5. The van der Waals surface area contributed by atoms with Gasteiger partial charge in [-0.15, -0.1) is 0 Å². The summed E-state index contributed by atoms with van der Waals surface area (Å²) in [5.41, 5.74) is 3.88. The van der Waals surface area contributed by atoms with E-state index in [0.717, 1.165) is 11.2 Å². The van der Waals surface area contributed by atoms with Gasteiger partial charge in [-0.05, 0) is 55.9 Å². The first-order valence-corrected chi connectivity index (χ1v) is 8.92. The minimum absolute atomic E-state index is 0.164. The van der Waals surface area contributed by atoms with Gasteiger partial charge in [0.2, 0.25) is 0 Å². The molecule has 0 amide bonds. The summed E-state index contributed by atoms with van der Waals surface area (Å²) in [5, 5.41) is 0. The van der Waals surface area contributed by atoms with E-state index in [-0.39, 0.29) is 16.6 Å². The molecule has 1 aromatic heterocycles. The highest BCUT2D eigenvalue weighted by atomic mass is 16.7. The van der Waals surface area contributed by atoms with Crippen LogP contribution in [0.4, 0.5) is 0 Å². The van der Waals surface area contributed by atoms with E-state index in [0.29, 0.717) is 0 Å². The Kier molecular flexibility index (Phi) is 4.33. The van der Waals surface area contributed by atoms with Crippen molar-refractivity contribution >= 4 is 12.7 Å². The van der Waals surface area contributed by atoms with E-state index in [1.54, 1.807) is 0 Å². The molecule has 1 aliphatic heterocycles. The van der Waals surface area contributed by atoms with Gasteiger partial charge in [0.05, 0.1) is 16.8 Å². The van der Waals surface area contributed by atoms with Gasteiger partial charge in [-0.3, -0.25) is 4.98 Å². The Morgan fingerprint density at radius 3 is 1.76 bits per heavy atom. The standard InChI is InChI=1S/C21H28BNO2/c1-19(2,3)17-11-8-15(9-12-17)16-10-13-18(23-14-16)22-24-20(4,5)21(6,7)25-22/h8-14H,1-7H3. The predicted molar refractivity (Wildman–Crippen MR) is 104 cm³/mol. The van der Waals surface area contributed by atoms with Crippen LogP contribution in [0.25, 0.3) is 11.1 Å². The molecular formula is C21H28BNO2. The van der Waals surface area contributed by atoms with Crippen LogP contribution in [-0.4, -0.2) is 23.3 Å². The average Bonchev–Trinajstić information content (AvgIpc) is 2.75. The molecule has 132 valence electrons. The number of hydrogen-bond acceptors (Lipinski definition) is 3. The van der Waals surface area contributed by atoms with Gasteiger partial charge >= 0.3 is 7.12 Å². The number of pyridine rings is 1. The van der Waals surface area contributed by atoms with Gasteiger partial charge in [0.25, 0.3) is 0 Å². The number of rotatable bonds is 2. The number of benzene rings is 1. The van der Waals surface area contributed by atoms with Crippen LogP contribution in [0.3, 0.4) is 0 Å². The minimum atomic E-state index is -0.415. The van der Waals surface area contributed by atoms with E-state index >= 15 is 0 Å². The van der Waals surface area contributed by atoms with E-state index in [4.69, 9.17) is 9.31 Å². The summed E-state index contributed by atoms with van der Waals surface area (Å²) in [6, 6.07) is 12.8. The lowest BCUT2D eigenvalue weighted by Crippen LogP contribution is -2.41. The lowest BCUT2D eigenvalue weighted by Gasteiger charge is -2.32. The van der Waals surface area contributed by atoms with Crippen LogP contribution >= 0.6 is 0 Å². The van der Waals surface area contributed by atoms with Gasteiger partial charge in [-0.25, -0.2) is 0 Å². The quantitative estimate of drug-likeness (QED) is 0.764.